The van der Waals surface area contributed by atoms with Crippen molar-refractivity contribution in [3.05, 3.63) is 0 Å². The van der Waals surface area contributed by atoms with Crippen molar-refractivity contribution in [2.24, 2.45) is 0 Å². The molecule has 0 fully saturated rings. The molecule has 0 aromatic heterocycles. The highest BCUT2D eigenvalue weighted by atomic mass is 17.5. The van der Waals surface area contributed by atoms with E-state index in [2.05, 4.69) is 9.84 Å². The van der Waals surface area contributed by atoms with E-state index in [0.717, 1.165) is 0 Å². The van der Waals surface area contributed by atoms with Crippen molar-refractivity contribution in [3.63, 3.8) is 0 Å². The molecule has 0 atom stereocenters. The van der Waals surface area contributed by atoms with Gasteiger partial charge >= 0.3 is 7.69 Å². The van der Waals surface area contributed by atoms with Gasteiger partial charge in [0.05, 0.1) is 0 Å². The lowest BCUT2D eigenvalue weighted by Crippen LogP contribution is -1.93. The van der Waals surface area contributed by atoms with E-state index in [0.29, 0.717) is 0 Å². The second-order valence-electron chi connectivity index (χ2n) is 0.276. The lowest BCUT2D eigenvalue weighted by Gasteiger charge is -1.80. The average Bonchev–Trinajstić information content (AvgIpc) is 1.41. The summed E-state index contributed by atoms with van der Waals surface area (Å²) in [5.41, 5.74) is 0. The fraction of sp³-hybridized carbons (Fsp3) is 0. The molecular formula is H2BO4. The van der Waals surface area contributed by atoms with Crippen molar-refractivity contribution in [1.29, 1.82) is 0 Å². The van der Waals surface area contributed by atoms with Gasteiger partial charge < -0.3 is 5.02 Å². The number of hydrogen-bond acceptors (Lipinski definition) is 4. The molecule has 0 unspecified atom stereocenters. The third-order valence-corrected chi connectivity index (χ3v) is 0.0861. The summed E-state index contributed by atoms with van der Waals surface area (Å²) in [6.07, 6.45) is 0. The van der Waals surface area contributed by atoms with Crippen molar-refractivity contribution in [2.45, 2.75) is 0 Å². The van der Waals surface area contributed by atoms with Crippen LogP contribution in [0, 0.1) is 0 Å². The molecule has 29 valence electrons. The Bertz CT molecular complexity index is 11.1. The topological polar surface area (TPSA) is 58.9 Å². The van der Waals surface area contributed by atoms with Crippen LogP contribution in [0.15, 0.2) is 0 Å². The second kappa shape index (κ2) is 3.90. The zero-order valence-electron chi connectivity index (χ0n) is 2.29. The van der Waals surface area contributed by atoms with Crippen molar-refractivity contribution in [1.82, 2.24) is 0 Å². The van der Waals surface area contributed by atoms with Gasteiger partial charge in [0, 0.05) is 0 Å². The highest BCUT2D eigenvalue weighted by Gasteiger charge is 1.77. The molecule has 1 radical (unpaired) electrons. The fourth-order valence-corrected chi connectivity index (χ4v) is 0.0192. The summed E-state index contributed by atoms with van der Waals surface area (Å²) in [5.74, 6) is 0. The second-order valence-corrected chi connectivity index (χ2v) is 0.276. The summed E-state index contributed by atoms with van der Waals surface area (Å²) >= 11 is 0. The summed E-state index contributed by atoms with van der Waals surface area (Å²) in [6.45, 7) is 0. The minimum Gasteiger partial charge on any atom is -0.427 e. The van der Waals surface area contributed by atoms with Crippen molar-refractivity contribution >= 4 is 7.69 Å². The Balaban J connectivity index is 2.19. The molecule has 0 amide bonds. The van der Waals surface area contributed by atoms with Crippen molar-refractivity contribution < 1.29 is 20.1 Å². The van der Waals surface area contributed by atoms with Crippen LogP contribution in [-0.2, 0) is 9.84 Å². The molecule has 0 aliphatic heterocycles. The minimum atomic E-state index is 0.208. The van der Waals surface area contributed by atoms with Crippen LogP contribution in [0.3, 0.4) is 0 Å². The van der Waals surface area contributed by atoms with Crippen LogP contribution in [0.1, 0.15) is 0 Å². The summed E-state index contributed by atoms with van der Waals surface area (Å²) in [6, 6.07) is 0. The van der Waals surface area contributed by atoms with Gasteiger partial charge in [-0.2, -0.15) is 0 Å². The summed E-state index contributed by atoms with van der Waals surface area (Å²) in [7, 11) is 0.208. The molecule has 5 heavy (non-hydrogen) atoms. The molecule has 0 spiro atoms. The van der Waals surface area contributed by atoms with Crippen LogP contribution in [0.5, 0.6) is 0 Å². The SMILES string of the molecule is O[B]OOO. The van der Waals surface area contributed by atoms with E-state index in [1.807, 2.05) is 0 Å². The third kappa shape index (κ3) is 3.90. The van der Waals surface area contributed by atoms with Gasteiger partial charge in [-0.25, -0.2) is 10.1 Å². The summed E-state index contributed by atoms with van der Waals surface area (Å²) in [5, 5.41) is 17.5. The first-order valence-corrected chi connectivity index (χ1v) is 0.843. The lowest BCUT2D eigenvalue weighted by atomic mass is 10.4. The molecule has 0 aliphatic carbocycles. The van der Waals surface area contributed by atoms with E-state index in [1.165, 1.54) is 0 Å². The first-order chi connectivity index (χ1) is 2.41. The van der Waals surface area contributed by atoms with E-state index in [9.17, 15) is 0 Å². The van der Waals surface area contributed by atoms with Gasteiger partial charge in [0.2, 0.25) is 0 Å². The van der Waals surface area contributed by atoms with Gasteiger partial charge in [0.15, 0.2) is 0 Å². The maximum Gasteiger partial charge on any atom is 0.526 e. The number of rotatable bonds is 2. The van der Waals surface area contributed by atoms with Gasteiger partial charge in [-0.05, 0) is 0 Å². The molecule has 0 aromatic carbocycles. The quantitative estimate of drug-likeness (QED) is 0.250. The zero-order valence-corrected chi connectivity index (χ0v) is 2.29. The summed E-state index contributed by atoms with van der Waals surface area (Å²) in [4.78, 5) is 3.32. The molecular weight excluding hydrogens is 74.8 g/mol. The van der Waals surface area contributed by atoms with E-state index >= 15 is 0 Å². The smallest absolute Gasteiger partial charge is 0.427 e. The largest absolute Gasteiger partial charge is 0.526 e. The average molecular weight is 76.8 g/mol. The predicted octanol–water partition coefficient (Wildman–Crippen LogP) is -1.07. The molecule has 0 saturated heterocycles. The van der Waals surface area contributed by atoms with Gasteiger partial charge in [-0.3, -0.25) is 0 Å². The minimum absolute atomic E-state index is 0.208. The Hall–Kier alpha value is -0.0951. The maximum absolute atomic E-state index is 7.43. The predicted molar refractivity (Wildman–Crippen MR) is 12.8 cm³/mol. The molecule has 0 aliphatic rings. The molecule has 0 rings (SSSR count). The van der Waals surface area contributed by atoms with Crippen LogP contribution in [0.2, 0.25) is 0 Å². The van der Waals surface area contributed by atoms with E-state index in [-0.39, 0.29) is 7.69 Å². The molecule has 0 heterocycles. The van der Waals surface area contributed by atoms with Gasteiger partial charge in [-0.15, -0.1) is 0 Å². The van der Waals surface area contributed by atoms with Crippen molar-refractivity contribution in [3.8, 4) is 0 Å². The first-order valence-electron chi connectivity index (χ1n) is 0.843. The molecule has 0 aromatic rings. The molecule has 0 saturated carbocycles. The van der Waals surface area contributed by atoms with Gasteiger partial charge in [-0.1, -0.05) is 5.04 Å². The zero-order chi connectivity index (χ0) is 4.12. The first kappa shape index (κ1) is 4.90. The molecule has 2 N–H and O–H groups in total. The van der Waals surface area contributed by atoms with E-state index < -0.39 is 0 Å². The molecule has 5 heteroatoms. The maximum atomic E-state index is 7.43. The lowest BCUT2D eigenvalue weighted by molar-refractivity contribution is -0.445. The Morgan fingerprint density at radius 1 is 1.60 bits per heavy atom. The molecule has 0 bridgehead atoms. The van der Waals surface area contributed by atoms with Crippen LogP contribution < -0.4 is 0 Å². The van der Waals surface area contributed by atoms with Crippen molar-refractivity contribution in [2.75, 3.05) is 0 Å². The Morgan fingerprint density at radius 3 is 2.20 bits per heavy atom. The normalized spacial score (nSPS) is 7.60. The van der Waals surface area contributed by atoms with Crippen LogP contribution in [0.4, 0.5) is 0 Å². The highest BCUT2D eigenvalue weighted by Crippen LogP contribution is 1.56. The highest BCUT2D eigenvalue weighted by molar-refractivity contribution is 6.15. The Morgan fingerprint density at radius 2 is 2.20 bits per heavy atom. The van der Waals surface area contributed by atoms with Gasteiger partial charge in [0.1, 0.15) is 0 Å². The molecule has 4 nitrogen and oxygen atoms in total. The number of hydrogen-bond donors (Lipinski definition) is 2. The van der Waals surface area contributed by atoms with Crippen LogP contribution in [-0.4, -0.2) is 18.0 Å². The van der Waals surface area contributed by atoms with E-state index in [4.69, 9.17) is 10.3 Å². The Labute approximate surface area is 29.1 Å². The Kier molecular flexibility index (Phi) is 3.83. The van der Waals surface area contributed by atoms with Crippen LogP contribution in [0.25, 0.3) is 0 Å². The van der Waals surface area contributed by atoms with E-state index in [1.54, 1.807) is 0 Å². The van der Waals surface area contributed by atoms with Crippen LogP contribution >= 0.6 is 0 Å². The van der Waals surface area contributed by atoms with Gasteiger partial charge in [0.25, 0.3) is 0 Å². The summed E-state index contributed by atoms with van der Waals surface area (Å²) < 4.78 is 0. The fourth-order valence-electron chi connectivity index (χ4n) is 0.0192. The standard InChI is InChI=1S/BH2O4/c2-1-4-5-3/h2-3H. The monoisotopic (exact) mass is 77.0 g/mol. The third-order valence-electron chi connectivity index (χ3n) is 0.0861.